The molecular weight excluding hydrogens is 565 g/mol. The van der Waals surface area contributed by atoms with Crippen LogP contribution in [0, 0.1) is 13.8 Å². The molecule has 0 N–H and O–H groups in total. The fraction of sp³-hybridized carbons (Fsp3) is 0.375. The summed E-state index contributed by atoms with van der Waals surface area (Å²) in [5, 5.41) is 0. The Morgan fingerprint density at radius 3 is 1.00 bits per heavy atom. The van der Waals surface area contributed by atoms with Crippen LogP contribution in [0.5, 0.6) is 0 Å². The van der Waals surface area contributed by atoms with Gasteiger partial charge in [-0.15, -0.1) is 0 Å². The predicted octanol–water partition coefficient (Wildman–Crippen LogP) is -1.27. The van der Waals surface area contributed by atoms with Crippen molar-refractivity contribution in [2.45, 2.75) is 39.8 Å². The van der Waals surface area contributed by atoms with Crippen molar-refractivity contribution in [1.29, 1.82) is 0 Å². The first-order chi connectivity index (χ1) is 8.20. The molecule has 0 saturated carbocycles. The van der Waals surface area contributed by atoms with Crippen LogP contribution >= 0.6 is 0 Å². The van der Waals surface area contributed by atoms with E-state index in [1.54, 1.807) is 0 Å². The predicted molar refractivity (Wildman–Crippen MR) is 81.7 cm³/mol. The Bertz CT molecular complexity index is 297. The number of hydrogen-bond donors (Lipinski definition) is 0. The van der Waals surface area contributed by atoms with Crippen LogP contribution < -0.4 is 48.0 Å². The summed E-state index contributed by atoms with van der Waals surface area (Å²) >= 11 is 0. The van der Waals surface area contributed by atoms with Gasteiger partial charge in [0.25, 0.3) is 0 Å². The Balaban J connectivity index is -0.0000000899. The van der Waals surface area contributed by atoms with Gasteiger partial charge in [0.05, 0.1) is 0 Å². The number of rotatable bonds is 2. The number of aryl methyl sites for hydroxylation is 2. The first-order valence-corrected chi connectivity index (χ1v) is 8.02. The fourth-order valence-electron chi connectivity index (χ4n) is 1.23. The molecule has 0 nitrogen and oxygen atoms in total. The van der Waals surface area contributed by atoms with Gasteiger partial charge < -0.3 is 48.0 Å². The smallest absolute Gasteiger partial charge is 1.00 e. The summed E-state index contributed by atoms with van der Waals surface area (Å²) in [5.74, 6) is 0. The zero-order valence-electron chi connectivity index (χ0n) is 12.9. The van der Waals surface area contributed by atoms with Gasteiger partial charge in [-0.05, 0) is 0 Å². The third-order valence-electron chi connectivity index (χ3n) is 2.24. The molecule has 0 bridgehead atoms. The summed E-state index contributed by atoms with van der Waals surface area (Å²) in [6.45, 7) is 8.66. The van der Waals surface area contributed by atoms with Gasteiger partial charge in [0.15, 0.2) is 0 Å². The Kier molecular flexibility index (Phi) is 33.0. The molecule has 0 aliphatic carbocycles. The zero-order chi connectivity index (χ0) is 12.9. The van der Waals surface area contributed by atoms with E-state index in [4.69, 9.17) is 0 Å². The van der Waals surface area contributed by atoms with Gasteiger partial charge >= 0.3 is 26.2 Å². The Morgan fingerprint density at radius 1 is 0.700 bits per heavy atom. The molecule has 20 heavy (non-hydrogen) atoms. The van der Waals surface area contributed by atoms with E-state index >= 15 is 0 Å². The summed E-state index contributed by atoms with van der Waals surface area (Å²) in [6.07, 6.45) is 0. The largest absolute Gasteiger partial charge is 4.00 e. The van der Waals surface area contributed by atoms with E-state index in [0.717, 1.165) is 9.52 Å². The standard InChI is InChI=1S/2C6H7.C4H11Si.2HI.Zr/c2*1-6-4-2-3-5-6;1-3-5-4-2;;;/h2*2-5H,1H3;5H,3-4H2,1-2H3;2*1H;/q2*-1;;;;+4/p-2. The SMILES string of the molecule is CC[SiH]CC.C[c-]1cccc1.C[c-]1cccc1.[I-].[I-].[Zr+4]. The van der Waals surface area contributed by atoms with E-state index in [1.165, 1.54) is 23.2 Å². The van der Waals surface area contributed by atoms with Gasteiger partial charge in [-0.25, -0.2) is 24.3 Å². The normalized spacial score (nSPS) is 7.40. The molecule has 111 valence electrons. The molecule has 0 aliphatic heterocycles. The summed E-state index contributed by atoms with van der Waals surface area (Å²) in [7, 11) is 0.815. The van der Waals surface area contributed by atoms with Gasteiger partial charge in [-0.3, -0.25) is 0 Å². The Labute approximate surface area is 181 Å². The number of halogens is 2. The molecule has 1 radical (unpaired) electrons. The molecule has 0 atom stereocenters. The summed E-state index contributed by atoms with van der Waals surface area (Å²) in [6, 6.07) is 19.3. The molecule has 2 aromatic rings. The summed E-state index contributed by atoms with van der Waals surface area (Å²) in [4.78, 5) is 0. The molecule has 0 heterocycles. The van der Waals surface area contributed by atoms with Gasteiger partial charge in [0.2, 0.25) is 0 Å². The van der Waals surface area contributed by atoms with E-state index in [1.807, 2.05) is 24.3 Å². The molecule has 0 spiro atoms. The van der Waals surface area contributed by atoms with Crippen LogP contribution in [-0.2, 0) is 26.2 Å². The van der Waals surface area contributed by atoms with Crippen LogP contribution in [0.15, 0.2) is 48.5 Å². The van der Waals surface area contributed by atoms with Crippen LogP contribution in [0.3, 0.4) is 0 Å². The maximum atomic E-state index is 2.25. The first-order valence-electron chi connectivity index (χ1n) is 6.39. The van der Waals surface area contributed by atoms with E-state index in [-0.39, 0.29) is 74.2 Å². The van der Waals surface area contributed by atoms with E-state index in [2.05, 4.69) is 52.0 Å². The minimum Gasteiger partial charge on any atom is -1.00 e. The Morgan fingerprint density at radius 2 is 0.950 bits per heavy atom. The third-order valence-corrected chi connectivity index (χ3v) is 3.39. The molecule has 0 unspecified atom stereocenters. The van der Waals surface area contributed by atoms with E-state index in [0.29, 0.717) is 0 Å². The van der Waals surface area contributed by atoms with E-state index < -0.39 is 0 Å². The second-order valence-corrected chi connectivity index (χ2v) is 6.24. The molecule has 4 heteroatoms. The Hall–Kier alpha value is 1.26. The van der Waals surface area contributed by atoms with Crippen LogP contribution in [0.1, 0.15) is 25.0 Å². The third kappa shape index (κ3) is 21.6. The monoisotopic (exact) mass is 589 g/mol. The van der Waals surface area contributed by atoms with Crippen molar-refractivity contribution in [3.8, 4) is 0 Å². The second kappa shape index (κ2) is 22.5. The van der Waals surface area contributed by atoms with Crippen molar-refractivity contribution in [1.82, 2.24) is 0 Å². The van der Waals surface area contributed by atoms with Crippen molar-refractivity contribution in [3.05, 3.63) is 59.7 Å². The topological polar surface area (TPSA) is 0 Å². The zero-order valence-corrected chi connectivity index (χ0v) is 20.8. The van der Waals surface area contributed by atoms with Crippen molar-refractivity contribution < 1.29 is 74.2 Å². The molecule has 0 amide bonds. The molecule has 2 rings (SSSR count). The minimum atomic E-state index is 0. The second-order valence-electron chi connectivity index (χ2n) is 4.03. The van der Waals surface area contributed by atoms with Gasteiger partial charge in [0, 0.05) is 9.52 Å². The van der Waals surface area contributed by atoms with E-state index in [9.17, 15) is 0 Å². The molecule has 2 aromatic carbocycles. The fourth-order valence-corrected chi connectivity index (χ4v) is 1.81. The summed E-state index contributed by atoms with van der Waals surface area (Å²) in [5.41, 5.74) is 2.69. The van der Waals surface area contributed by atoms with Gasteiger partial charge in [0.1, 0.15) is 0 Å². The average molecular weight is 590 g/mol. The first kappa shape index (κ1) is 29.3. The molecule has 0 aliphatic rings. The van der Waals surface area contributed by atoms with Crippen molar-refractivity contribution in [3.63, 3.8) is 0 Å². The van der Waals surface area contributed by atoms with Crippen LogP contribution in [0.2, 0.25) is 12.1 Å². The van der Waals surface area contributed by atoms with Crippen molar-refractivity contribution in [2.75, 3.05) is 0 Å². The molecular formula is C16H25I2SiZr. The van der Waals surface area contributed by atoms with Crippen LogP contribution in [0.25, 0.3) is 0 Å². The van der Waals surface area contributed by atoms with Gasteiger partial charge in [-0.1, -0.05) is 39.8 Å². The van der Waals surface area contributed by atoms with Crippen LogP contribution in [0.4, 0.5) is 0 Å². The molecule has 0 saturated heterocycles. The maximum absolute atomic E-state index is 2.25. The van der Waals surface area contributed by atoms with Crippen LogP contribution in [-0.4, -0.2) is 9.52 Å². The average Bonchev–Trinajstić information content (AvgIpc) is 2.95. The minimum absolute atomic E-state index is 0. The number of hydrogen-bond acceptors (Lipinski definition) is 0. The van der Waals surface area contributed by atoms with Crippen molar-refractivity contribution >= 4 is 9.52 Å². The quantitative estimate of drug-likeness (QED) is 0.233. The molecule has 0 fully saturated rings. The summed E-state index contributed by atoms with van der Waals surface area (Å²) < 4.78 is 0. The molecule has 0 aromatic heterocycles. The van der Waals surface area contributed by atoms with Crippen molar-refractivity contribution in [2.24, 2.45) is 0 Å². The maximum Gasteiger partial charge on any atom is 4.00 e. The van der Waals surface area contributed by atoms with Gasteiger partial charge in [-0.2, -0.15) is 35.4 Å².